The molecule has 0 saturated heterocycles. The zero-order chi connectivity index (χ0) is 13.2. The number of benzene rings is 1. The summed E-state index contributed by atoms with van der Waals surface area (Å²) in [4.78, 5) is 0. The molecule has 0 aliphatic carbocycles. The van der Waals surface area contributed by atoms with Crippen LogP contribution in [0.4, 0.5) is 0 Å². The van der Waals surface area contributed by atoms with Crippen LogP contribution in [0, 0.1) is 5.21 Å². The van der Waals surface area contributed by atoms with E-state index in [1.807, 2.05) is 0 Å². The summed E-state index contributed by atoms with van der Waals surface area (Å²) in [6, 6.07) is 3.84. The molecule has 0 fully saturated rings. The van der Waals surface area contributed by atoms with Crippen LogP contribution in [0.15, 0.2) is 18.2 Å². The summed E-state index contributed by atoms with van der Waals surface area (Å²) in [7, 11) is 0. The monoisotopic (exact) mass is 241 g/mol. The maximum atomic E-state index is 11.7. The van der Waals surface area contributed by atoms with Crippen LogP contribution in [0.1, 0.15) is 32.4 Å². The number of phenols is 2. The van der Waals surface area contributed by atoms with Crippen LogP contribution in [0.25, 0.3) is 0 Å². The molecule has 0 aromatic heterocycles. The molecular formula is C12H19NO4. The number of quaternary nitrogens is 1. The highest BCUT2D eigenvalue weighted by Crippen LogP contribution is 2.24. The number of rotatable bonds is 3. The van der Waals surface area contributed by atoms with E-state index in [4.69, 9.17) is 0 Å². The number of aliphatic hydroxyl groups is 1. The molecule has 0 heterocycles. The molecule has 0 aliphatic rings. The Morgan fingerprint density at radius 3 is 2.06 bits per heavy atom. The first-order chi connectivity index (χ1) is 7.70. The number of hydroxylamine groups is 2. The molecule has 0 saturated carbocycles. The lowest BCUT2D eigenvalue weighted by Crippen LogP contribution is -3.15. The second-order valence-corrected chi connectivity index (χ2v) is 5.18. The average molecular weight is 241 g/mol. The summed E-state index contributed by atoms with van der Waals surface area (Å²) in [6.07, 6.45) is -1.01. The molecule has 96 valence electrons. The Bertz CT molecular complexity index is 366. The summed E-state index contributed by atoms with van der Waals surface area (Å²) in [6.45, 7) is 5.30. The minimum absolute atomic E-state index is 0.0353. The lowest BCUT2D eigenvalue weighted by molar-refractivity contribution is -0.902. The third-order valence-corrected chi connectivity index (χ3v) is 2.52. The Morgan fingerprint density at radius 1 is 1.18 bits per heavy atom. The van der Waals surface area contributed by atoms with Gasteiger partial charge in [-0.1, -0.05) is 0 Å². The van der Waals surface area contributed by atoms with Crippen LogP contribution < -0.4 is 5.06 Å². The molecule has 2 atom stereocenters. The van der Waals surface area contributed by atoms with Gasteiger partial charge in [-0.2, -0.15) is 0 Å². The zero-order valence-corrected chi connectivity index (χ0v) is 10.3. The van der Waals surface area contributed by atoms with E-state index in [0.717, 1.165) is 0 Å². The summed E-state index contributed by atoms with van der Waals surface area (Å²) in [5.41, 5.74) is -0.181. The van der Waals surface area contributed by atoms with Crippen molar-refractivity contribution < 1.29 is 20.4 Å². The quantitative estimate of drug-likeness (QED) is 0.574. The van der Waals surface area contributed by atoms with Crippen molar-refractivity contribution in [3.05, 3.63) is 29.0 Å². The average Bonchev–Trinajstić information content (AvgIpc) is 2.14. The van der Waals surface area contributed by atoms with Gasteiger partial charge in [0.1, 0.15) is 24.1 Å². The Balaban J connectivity index is 2.79. The fourth-order valence-electron chi connectivity index (χ4n) is 1.41. The van der Waals surface area contributed by atoms with E-state index in [9.17, 15) is 20.5 Å². The second-order valence-electron chi connectivity index (χ2n) is 5.18. The van der Waals surface area contributed by atoms with Gasteiger partial charge in [0, 0.05) is 6.07 Å². The van der Waals surface area contributed by atoms with Crippen LogP contribution >= 0.6 is 0 Å². The fourth-order valence-corrected chi connectivity index (χ4v) is 1.41. The third-order valence-electron chi connectivity index (χ3n) is 2.52. The molecule has 0 aliphatic heterocycles. The number of aliphatic hydroxyl groups excluding tert-OH is 1. The zero-order valence-electron chi connectivity index (χ0n) is 10.3. The standard InChI is InChI=1S/C12H19NO4/c1-12(2,3)13(17)7-11(16)8-4-9(14)6-10(15)5-8/h4-6,11,13-16H,7H2,1-3H3. The van der Waals surface area contributed by atoms with Gasteiger partial charge in [-0.15, -0.1) is 0 Å². The first-order valence-electron chi connectivity index (χ1n) is 5.44. The van der Waals surface area contributed by atoms with Crippen molar-refractivity contribution in [1.82, 2.24) is 0 Å². The van der Waals surface area contributed by atoms with Crippen LogP contribution in [0.5, 0.6) is 11.5 Å². The lowest BCUT2D eigenvalue weighted by atomic mass is 10.1. The van der Waals surface area contributed by atoms with Crippen molar-refractivity contribution in [2.45, 2.75) is 32.4 Å². The number of aromatic hydroxyl groups is 2. The van der Waals surface area contributed by atoms with Gasteiger partial charge < -0.3 is 25.6 Å². The molecule has 5 nitrogen and oxygen atoms in total. The Kier molecular flexibility index (Phi) is 3.98. The summed E-state index contributed by atoms with van der Waals surface area (Å²) >= 11 is 0. The van der Waals surface area contributed by atoms with E-state index in [1.54, 1.807) is 20.8 Å². The smallest absolute Gasteiger partial charge is 0.128 e. The third kappa shape index (κ3) is 3.89. The van der Waals surface area contributed by atoms with Crippen molar-refractivity contribution in [3.63, 3.8) is 0 Å². The minimum Gasteiger partial charge on any atom is -0.634 e. The predicted octanol–water partition coefficient (Wildman–Crippen LogP) is 0.312. The van der Waals surface area contributed by atoms with Gasteiger partial charge >= 0.3 is 0 Å². The summed E-state index contributed by atoms with van der Waals surface area (Å²) in [5.74, 6) is -0.274. The van der Waals surface area contributed by atoms with Crippen LogP contribution in [0.3, 0.4) is 0 Å². The number of phenolic OH excluding ortho intramolecular Hbond substituents is 2. The molecule has 4 N–H and O–H groups in total. The fraction of sp³-hybridized carbons (Fsp3) is 0.500. The Labute approximate surface area is 101 Å². The van der Waals surface area contributed by atoms with Crippen LogP contribution in [0.2, 0.25) is 0 Å². The van der Waals surface area contributed by atoms with Gasteiger partial charge in [0.15, 0.2) is 0 Å². The highest BCUT2D eigenvalue weighted by Gasteiger charge is 2.22. The molecule has 0 bridgehead atoms. The van der Waals surface area contributed by atoms with Crippen molar-refractivity contribution in [3.8, 4) is 11.5 Å². The van der Waals surface area contributed by atoms with Crippen LogP contribution in [-0.2, 0) is 0 Å². The Hall–Kier alpha value is -1.30. The number of nitrogens with one attached hydrogen (secondary N) is 1. The Morgan fingerprint density at radius 2 is 1.65 bits per heavy atom. The molecule has 5 heteroatoms. The summed E-state index contributed by atoms with van der Waals surface area (Å²) in [5, 5.41) is 40.1. The summed E-state index contributed by atoms with van der Waals surface area (Å²) < 4.78 is 0. The van der Waals surface area contributed by atoms with Crippen molar-refractivity contribution in [2.75, 3.05) is 6.54 Å². The topological polar surface area (TPSA) is 88.2 Å². The first kappa shape index (κ1) is 13.8. The molecule has 1 rings (SSSR count). The SMILES string of the molecule is CC(C)(C)[NH+]([O-])CC(O)c1cc(O)cc(O)c1. The number of hydrogen-bond donors (Lipinski definition) is 4. The van der Waals surface area contributed by atoms with E-state index in [1.165, 1.54) is 18.2 Å². The minimum atomic E-state index is -1.01. The second kappa shape index (κ2) is 4.91. The predicted molar refractivity (Wildman–Crippen MR) is 63.7 cm³/mol. The molecule has 17 heavy (non-hydrogen) atoms. The molecule has 2 unspecified atom stereocenters. The normalized spacial score (nSPS) is 15.6. The van der Waals surface area contributed by atoms with Gasteiger partial charge in [0.05, 0.1) is 5.54 Å². The highest BCUT2D eigenvalue weighted by atomic mass is 16.5. The molecule has 1 aromatic rings. The first-order valence-corrected chi connectivity index (χ1v) is 5.44. The van der Waals surface area contributed by atoms with Gasteiger partial charge in [0.25, 0.3) is 0 Å². The van der Waals surface area contributed by atoms with E-state index < -0.39 is 11.6 Å². The van der Waals surface area contributed by atoms with Gasteiger partial charge in [-0.3, -0.25) is 0 Å². The van der Waals surface area contributed by atoms with Gasteiger partial charge in [0.2, 0.25) is 0 Å². The van der Waals surface area contributed by atoms with Crippen molar-refractivity contribution in [2.24, 2.45) is 0 Å². The lowest BCUT2D eigenvalue weighted by Gasteiger charge is -2.36. The van der Waals surface area contributed by atoms with E-state index >= 15 is 0 Å². The van der Waals surface area contributed by atoms with E-state index in [2.05, 4.69) is 0 Å². The molecular weight excluding hydrogens is 222 g/mol. The number of hydrogen-bond acceptors (Lipinski definition) is 4. The molecule has 0 radical (unpaired) electrons. The van der Waals surface area contributed by atoms with E-state index in [0.29, 0.717) is 5.56 Å². The van der Waals surface area contributed by atoms with Gasteiger partial charge in [-0.25, -0.2) is 0 Å². The molecule has 0 amide bonds. The highest BCUT2D eigenvalue weighted by molar-refractivity contribution is 5.37. The molecule has 0 spiro atoms. The van der Waals surface area contributed by atoms with Crippen molar-refractivity contribution >= 4 is 0 Å². The maximum Gasteiger partial charge on any atom is 0.128 e. The largest absolute Gasteiger partial charge is 0.634 e. The maximum absolute atomic E-state index is 11.7. The molecule has 1 aromatic carbocycles. The van der Waals surface area contributed by atoms with E-state index in [-0.39, 0.29) is 23.1 Å². The van der Waals surface area contributed by atoms with Crippen LogP contribution in [-0.4, -0.2) is 27.4 Å². The van der Waals surface area contributed by atoms with Crippen molar-refractivity contribution in [1.29, 1.82) is 0 Å². The van der Waals surface area contributed by atoms with Gasteiger partial charge in [-0.05, 0) is 38.5 Å².